The van der Waals surface area contributed by atoms with Gasteiger partial charge < -0.3 is 15.2 Å². The van der Waals surface area contributed by atoms with Crippen LogP contribution in [0.25, 0.3) is 0 Å². The molecule has 14 heteroatoms. The van der Waals surface area contributed by atoms with Crippen LogP contribution in [0.1, 0.15) is 64.1 Å². The number of para-hydroxylation sites is 2. The zero-order valence-electron chi connectivity index (χ0n) is 36.0. The highest BCUT2D eigenvalue weighted by Gasteiger charge is 2.47. The quantitative estimate of drug-likeness (QED) is 0.108. The van der Waals surface area contributed by atoms with Gasteiger partial charge in [0.1, 0.15) is 6.61 Å². The average Bonchev–Trinajstić information content (AvgIpc) is 4.03. The molecular weight excluding hydrogens is 831 g/mol. The Bertz CT molecular complexity index is 2700. The van der Waals surface area contributed by atoms with Crippen molar-refractivity contribution >= 4 is 51.0 Å². The standard InChI is InChI=1S/C50H51N5O8S/c1-32-27-33(2)47(34(3)28-32)64(61,62)55-31-40(37-19-11-13-22-42(37)55)39(29-44(56)54-25-26-63-50(54)60)46(49(58)59)52-45(36-17-8-5-9-18-36)38-20-10-12-21-41(38)51-48(57)43-23-14-24-53(43)30-35-15-6-4-7-16-35/h4-13,15-22,27-28,39-40,43,46H,14,23-26,29-31H2,1-3H3,(H,51,57)(H,58,59)/t39-,40?,43+,46+/m1/s1. The molecule has 2 saturated heterocycles. The number of hydrogen-bond donors (Lipinski definition) is 2. The van der Waals surface area contributed by atoms with Gasteiger partial charge in [0.05, 0.1) is 34.6 Å². The molecule has 64 heavy (non-hydrogen) atoms. The molecule has 3 aliphatic rings. The van der Waals surface area contributed by atoms with Crippen molar-refractivity contribution in [1.82, 2.24) is 9.80 Å². The van der Waals surface area contributed by atoms with E-state index in [4.69, 9.17) is 9.73 Å². The minimum absolute atomic E-state index is 0.00514. The molecule has 13 nitrogen and oxygen atoms in total. The number of aliphatic carboxylic acids is 1. The molecule has 5 aromatic carbocycles. The number of rotatable bonds is 14. The summed E-state index contributed by atoms with van der Waals surface area (Å²) in [6.07, 6.45) is 0.219. The van der Waals surface area contributed by atoms with Crippen molar-refractivity contribution in [2.24, 2.45) is 10.9 Å². The number of hydrogen-bond acceptors (Lipinski definition) is 9. The number of sulfonamides is 1. The first-order valence-corrected chi connectivity index (χ1v) is 23.0. The van der Waals surface area contributed by atoms with E-state index in [1.54, 1.807) is 86.6 Å². The average molecular weight is 882 g/mol. The van der Waals surface area contributed by atoms with Crippen molar-refractivity contribution in [3.05, 3.63) is 160 Å². The second-order valence-corrected chi connectivity index (χ2v) is 18.5. The van der Waals surface area contributed by atoms with E-state index >= 15 is 0 Å². The summed E-state index contributed by atoms with van der Waals surface area (Å²) < 4.78 is 36.0. The van der Waals surface area contributed by atoms with Crippen LogP contribution < -0.4 is 9.62 Å². The first-order chi connectivity index (χ1) is 30.8. The number of cyclic esters (lactones) is 1. The van der Waals surface area contributed by atoms with E-state index in [2.05, 4.69) is 10.2 Å². The summed E-state index contributed by atoms with van der Waals surface area (Å²) in [6.45, 7) is 6.56. The molecule has 0 radical (unpaired) electrons. The van der Waals surface area contributed by atoms with E-state index < -0.39 is 58.3 Å². The molecule has 8 rings (SSSR count). The van der Waals surface area contributed by atoms with E-state index in [0.29, 0.717) is 52.2 Å². The lowest BCUT2D eigenvalue weighted by Crippen LogP contribution is -2.41. The molecule has 0 spiro atoms. The fourth-order valence-electron chi connectivity index (χ4n) is 9.60. The Labute approximate surface area is 373 Å². The normalized spacial score (nSPS) is 18.7. The molecule has 5 aromatic rings. The lowest BCUT2D eigenvalue weighted by Gasteiger charge is -2.29. The highest BCUT2D eigenvalue weighted by Crippen LogP contribution is 2.46. The molecule has 1 unspecified atom stereocenters. The molecule has 0 aromatic heterocycles. The van der Waals surface area contributed by atoms with Crippen LogP contribution >= 0.6 is 0 Å². The van der Waals surface area contributed by atoms with Crippen LogP contribution in [0.15, 0.2) is 131 Å². The zero-order chi connectivity index (χ0) is 45.1. The molecule has 3 aliphatic heterocycles. The number of carboxylic acid groups (broad SMARTS) is 1. The molecule has 2 N–H and O–H groups in total. The van der Waals surface area contributed by atoms with Crippen LogP contribution in [0.3, 0.4) is 0 Å². The fraction of sp³-hybridized carbons (Fsp3) is 0.300. The maximum absolute atomic E-state index is 14.8. The van der Waals surface area contributed by atoms with Gasteiger partial charge >= 0.3 is 12.1 Å². The number of aryl methyl sites for hydroxylation is 3. The molecular formula is C50H51N5O8S. The molecule has 0 aliphatic carbocycles. The monoisotopic (exact) mass is 881 g/mol. The zero-order valence-corrected chi connectivity index (χ0v) is 36.8. The number of carboxylic acids is 1. The number of likely N-dealkylation sites (tertiary alicyclic amines) is 1. The Morgan fingerprint density at radius 2 is 1.52 bits per heavy atom. The molecule has 3 heterocycles. The van der Waals surface area contributed by atoms with Gasteiger partial charge in [-0.1, -0.05) is 115 Å². The Kier molecular flexibility index (Phi) is 12.8. The maximum atomic E-state index is 14.8. The first kappa shape index (κ1) is 44.0. The summed E-state index contributed by atoms with van der Waals surface area (Å²) in [5, 5.41) is 14.5. The number of anilines is 2. The number of nitrogens with zero attached hydrogens (tertiary/aromatic N) is 4. The van der Waals surface area contributed by atoms with E-state index in [-0.39, 0.29) is 36.2 Å². The van der Waals surface area contributed by atoms with Gasteiger partial charge in [-0.3, -0.25) is 23.8 Å². The van der Waals surface area contributed by atoms with E-state index in [1.165, 1.54) is 4.31 Å². The molecule has 3 amide bonds. The minimum atomic E-state index is -4.21. The van der Waals surface area contributed by atoms with Gasteiger partial charge in [0.15, 0.2) is 6.04 Å². The van der Waals surface area contributed by atoms with E-state index in [0.717, 1.165) is 29.0 Å². The number of imide groups is 1. The Morgan fingerprint density at radius 1 is 0.859 bits per heavy atom. The lowest BCUT2D eigenvalue weighted by atomic mass is 9.79. The van der Waals surface area contributed by atoms with Gasteiger partial charge in [-0.25, -0.2) is 22.9 Å². The fourth-order valence-corrected chi connectivity index (χ4v) is 11.5. The van der Waals surface area contributed by atoms with Crippen LogP contribution in [0.5, 0.6) is 0 Å². The maximum Gasteiger partial charge on any atom is 0.416 e. The van der Waals surface area contributed by atoms with Gasteiger partial charge in [-0.05, 0) is 74.5 Å². The summed E-state index contributed by atoms with van der Waals surface area (Å²) in [5.41, 5.74) is 5.72. The predicted molar refractivity (Wildman–Crippen MR) is 244 cm³/mol. The van der Waals surface area contributed by atoms with Crippen molar-refractivity contribution in [3.63, 3.8) is 0 Å². The second kappa shape index (κ2) is 18.6. The summed E-state index contributed by atoms with van der Waals surface area (Å²) in [4.78, 5) is 63.3. The van der Waals surface area contributed by atoms with Crippen molar-refractivity contribution in [3.8, 4) is 0 Å². The van der Waals surface area contributed by atoms with Gasteiger partial charge in [0.25, 0.3) is 10.0 Å². The number of aliphatic imine (C=N–C) groups is 1. The van der Waals surface area contributed by atoms with E-state index in [9.17, 15) is 32.7 Å². The van der Waals surface area contributed by atoms with Gasteiger partial charge in [0.2, 0.25) is 11.8 Å². The number of amides is 3. The number of ether oxygens (including phenoxy) is 1. The van der Waals surface area contributed by atoms with Gasteiger partial charge in [0, 0.05) is 42.5 Å². The predicted octanol–water partition coefficient (Wildman–Crippen LogP) is 7.48. The number of carbonyl (C=O) groups is 4. The number of fused-ring (bicyclic) bond motifs is 1. The number of nitrogens with one attached hydrogen (secondary N) is 1. The lowest BCUT2D eigenvalue weighted by molar-refractivity contribution is -0.140. The Morgan fingerprint density at radius 3 is 2.20 bits per heavy atom. The molecule has 330 valence electrons. The van der Waals surface area contributed by atoms with Crippen molar-refractivity contribution in [1.29, 1.82) is 0 Å². The van der Waals surface area contributed by atoms with Gasteiger partial charge in [-0.2, -0.15) is 0 Å². The summed E-state index contributed by atoms with van der Waals surface area (Å²) in [7, 11) is -4.21. The topological polar surface area (TPSA) is 166 Å². The Hall–Kier alpha value is -6.64. The van der Waals surface area contributed by atoms with Crippen LogP contribution in [0.2, 0.25) is 0 Å². The third-order valence-electron chi connectivity index (χ3n) is 12.4. The van der Waals surface area contributed by atoms with Crippen molar-refractivity contribution < 1.29 is 37.4 Å². The highest BCUT2D eigenvalue weighted by atomic mass is 32.2. The van der Waals surface area contributed by atoms with Crippen LogP contribution in [-0.4, -0.2) is 91.2 Å². The van der Waals surface area contributed by atoms with Crippen LogP contribution in [0, 0.1) is 26.7 Å². The van der Waals surface area contributed by atoms with E-state index in [1.807, 2.05) is 55.5 Å². The largest absolute Gasteiger partial charge is 0.480 e. The first-order valence-electron chi connectivity index (χ1n) is 21.5. The minimum Gasteiger partial charge on any atom is -0.480 e. The molecule has 0 bridgehead atoms. The van der Waals surface area contributed by atoms with Crippen LogP contribution in [0.4, 0.5) is 16.2 Å². The Balaban J connectivity index is 1.22. The summed E-state index contributed by atoms with van der Waals surface area (Å²) in [5.74, 6) is -4.27. The van der Waals surface area contributed by atoms with Crippen LogP contribution in [-0.2, 0) is 35.7 Å². The highest BCUT2D eigenvalue weighted by molar-refractivity contribution is 7.93. The third-order valence-corrected chi connectivity index (χ3v) is 14.5. The summed E-state index contributed by atoms with van der Waals surface area (Å²) in [6, 6.07) is 34.5. The van der Waals surface area contributed by atoms with Crippen molar-refractivity contribution in [2.45, 2.75) is 69.5 Å². The second-order valence-electron chi connectivity index (χ2n) is 16.7. The number of carbonyl (C=O) groups excluding carboxylic acids is 3. The van der Waals surface area contributed by atoms with Crippen molar-refractivity contribution in [2.75, 3.05) is 35.9 Å². The third kappa shape index (κ3) is 8.93. The molecule has 4 atom stereocenters. The molecule has 2 fully saturated rings. The van der Waals surface area contributed by atoms with Gasteiger partial charge in [-0.15, -0.1) is 0 Å². The number of benzene rings is 5. The SMILES string of the molecule is Cc1cc(C)c(S(=O)(=O)N2CC([C@@H](CC(=O)N3CCOC3=O)[C@H](N=C(c3ccccc3)c3ccccc3NC(=O)[C@@H]3CCCN3Cc3ccccc3)C(=O)O)c3ccccc32)c(C)c1. The molecule has 0 saturated carbocycles. The smallest absolute Gasteiger partial charge is 0.416 e. The summed E-state index contributed by atoms with van der Waals surface area (Å²) >= 11 is 0.